The van der Waals surface area contributed by atoms with Crippen molar-refractivity contribution in [2.45, 2.75) is 38.3 Å². The molecule has 0 bridgehead atoms. The average molecular weight is 572 g/mol. The van der Waals surface area contributed by atoms with E-state index in [-0.39, 0.29) is 23.3 Å². The van der Waals surface area contributed by atoms with Crippen molar-refractivity contribution >= 4 is 39.1 Å². The molecular weight excluding hydrogens is 538 g/mol. The van der Waals surface area contributed by atoms with E-state index in [2.05, 4.69) is 5.32 Å². The van der Waals surface area contributed by atoms with Gasteiger partial charge in [-0.3, -0.25) is 13.9 Å². The summed E-state index contributed by atoms with van der Waals surface area (Å²) in [5, 5.41) is 3.41. The molecule has 3 rings (SSSR count). The standard InChI is InChI=1S/C29H34ClN3O5S/c1-21(2)18-31-29(35)22(3)32(19-23-10-12-24(30)13-11-23)28(34)20-33(25-8-6-5-7-9-25)39(36,37)27-16-14-26(38-4)15-17-27/h5-17,21-22H,18-20H2,1-4H3,(H,31,35). The number of sulfonamides is 1. The van der Waals surface area contributed by atoms with Crippen molar-refractivity contribution in [2.75, 3.05) is 24.5 Å². The number of nitrogens with one attached hydrogen (secondary N) is 1. The second-order valence-electron chi connectivity index (χ2n) is 9.49. The van der Waals surface area contributed by atoms with E-state index in [0.717, 1.165) is 9.87 Å². The summed E-state index contributed by atoms with van der Waals surface area (Å²) in [6.45, 7) is 5.63. The number of hydrogen-bond acceptors (Lipinski definition) is 5. The Morgan fingerprint density at radius 1 is 0.923 bits per heavy atom. The highest BCUT2D eigenvalue weighted by molar-refractivity contribution is 7.92. The van der Waals surface area contributed by atoms with Gasteiger partial charge >= 0.3 is 0 Å². The minimum absolute atomic E-state index is 0.00642. The van der Waals surface area contributed by atoms with Crippen LogP contribution in [0.25, 0.3) is 0 Å². The van der Waals surface area contributed by atoms with E-state index in [1.54, 1.807) is 73.7 Å². The monoisotopic (exact) mass is 571 g/mol. The van der Waals surface area contributed by atoms with E-state index in [0.29, 0.717) is 23.0 Å². The van der Waals surface area contributed by atoms with Gasteiger partial charge in [0.25, 0.3) is 10.0 Å². The molecular formula is C29H34ClN3O5S. The van der Waals surface area contributed by atoms with E-state index in [1.165, 1.54) is 24.1 Å². The summed E-state index contributed by atoms with van der Waals surface area (Å²) in [5.41, 5.74) is 1.07. The fourth-order valence-electron chi connectivity index (χ4n) is 3.82. The van der Waals surface area contributed by atoms with Gasteiger partial charge in [-0.05, 0) is 66.9 Å². The van der Waals surface area contributed by atoms with Crippen LogP contribution in [0.2, 0.25) is 5.02 Å². The molecule has 1 atom stereocenters. The number of halogens is 1. The quantitative estimate of drug-likeness (QED) is 0.339. The van der Waals surface area contributed by atoms with Gasteiger partial charge < -0.3 is 15.0 Å². The number of amides is 2. The van der Waals surface area contributed by atoms with Crippen LogP contribution in [0.3, 0.4) is 0 Å². The highest BCUT2D eigenvalue weighted by Gasteiger charge is 2.32. The number of para-hydroxylation sites is 1. The minimum atomic E-state index is -4.14. The summed E-state index contributed by atoms with van der Waals surface area (Å²) < 4.78 is 33.8. The SMILES string of the molecule is COc1ccc(S(=O)(=O)N(CC(=O)N(Cc2ccc(Cl)cc2)C(C)C(=O)NCC(C)C)c2ccccc2)cc1. The van der Waals surface area contributed by atoms with Crippen LogP contribution in [-0.4, -0.2) is 51.4 Å². The van der Waals surface area contributed by atoms with Gasteiger partial charge in [0, 0.05) is 18.1 Å². The molecule has 0 fully saturated rings. The molecule has 208 valence electrons. The third-order valence-electron chi connectivity index (χ3n) is 6.09. The topological polar surface area (TPSA) is 96.0 Å². The van der Waals surface area contributed by atoms with Crippen LogP contribution in [-0.2, 0) is 26.2 Å². The summed E-state index contributed by atoms with van der Waals surface area (Å²) in [6.07, 6.45) is 0. The molecule has 3 aromatic rings. The third-order valence-corrected chi connectivity index (χ3v) is 8.13. The molecule has 0 spiro atoms. The molecule has 2 amide bonds. The second-order valence-corrected chi connectivity index (χ2v) is 11.8. The van der Waals surface area contributed by atoms with E-state index < -0.39 is 28.5 Å². The number of benzene rings is 3. The van der Waals surface area contributed by atoms with Gasteiger partial charge in [0.1, 0.15) is 18.3 Å². The van der Waals surface area contributed by atoms with Gasteiger partial charge in [-0.15, -0.1) is 0 Å². The molecule has 0 aliphatic heterocycles. The average Bonchev–Trinajstić information content (AvgIpc) is 2.94. The Labute approximate surface area is 235 Å². The Morgan fingerprint density at radius 3 is 2.10 bits per heavy atom. The summed E-state index contributed by atoms with van der Waals surface area (Å²) >= 11 is 6.03. The maximum atomic E-state index is 13.9. The summed E-state index contributed by atoms with van der Waals surface area (Å²) in [4.78, 5) is 28.3. The highest BCUT2D eigenvalue weighted by atomic mass is 35.5. The summed E-state index contributed by atoms with van der Waals surface area (Å²) in [6, 6.07) is 20.4. The minimum Gasteiger partial charge on any atom is -0.497 e. The Kier molecular flexibility index (Phi) is 10.4. The number of ether oxygens (including phenoxy) is 1. The number of hydrogen-bond donors (Lipinski definition) is 1. The normalized spacial score (nSPS) is 12.1. The van der Waals surface area contributed by atoms with Crippen LogP contribution in [0.15, 0.2) is 83.8 Å². The molecule has 1 unspecified atom stereocenters. The van der Waals surface area contributed by atoms with Crippen LogP contribution in [0.5, 0.6) is 5.75 Å². The fourth-order valence-corrected chi connectivity index (χ4v) is 5.36. The van der Waals surface area contributed by atoms with Crippen LogP contribution in [0.1, 0.15) is 26.3 Å². The third kappa shape index (κ3) is 7.97. The molecule has 10 heteroatoms. The van der Waals surface area contributed by atoms with Crippen LogP contribution in [0, 0.1) is 5.92 Å². The van der Waals surface area contributed by atoms with Crippen molar-refractivity contribution in [3.8, 4) is 5.75 Å². The largest absolute Gasteiger partial charge is 0.497 e. The maximum absolute atomic E-state index is 13.9. The molecule has 8 nitrogen and oxygen atoms in total. The smallest absolute Gasteiger partial charge is 0.264 e. The second kappa shape index (κ2) is 13.5. The van der Waals surface area contributed by atoms with Crippen molar-refractivity contribution in [1.82, 2.24) is 10.2 Å². The predicted molar refractivity (Wildman–Crippen MR) is 153 cm³/mol. The molecule has 39 heavy (non-hydrogen) atoms. The number of nitrogens with zero attached hydrogens (tertiary/aromatic N) is 2. The van der Waals surface area contributed by atoms with Gasteiger partial charge in [-0.1, -0.05) is 55.8 Å². The Bertz CT molecular complexity index is 1350. The Morgan fingerprint density at radius 2 is 1.54 bits per heavy atom. The van der Waals surface area contributed by atoms with Crippen molar-refractivity contribution < 1.29 is 22.7 Å². The number of methoxy groups -OCH3 is 1. The molecule has 0 heterocycles. The lowest BCUT2D eigenvalue weighted by Gasteiger charge is -2.32. The summed E-state index contributed by atoms with van der Waals surface area (Å²) in [5.74, 6) is -0.121. The van der Waals surface area contributed by atoms with Crippen LogP contribution < -0.4 is 14.4 Å². The van der Waals surface area contributed by atoms with Crippen LogP contribution >= 0.6 is 11.6 Å². The molecule has 0 aliphatic carbocycles. The fraction of sp³-hybridized carbons (Fsp3) is 0.310. The zero-order valence-electron chi connectivity index (χ0n) is 22.5. The lowest BCUT2D eigenvalue weighted by Crippen LogP contribution is -2.51. The van der Waals surface area contributed by atoms with E-state index >= 15 is 0 Å². The molecule has 1 N–H and O–H groups in total. The number of carbonyl (C=O) groups is 2. The van der Waals surface area contributed by atoms with Gasteiger partial charge in [0.15, 0.2) is 0 Å². The molecule has 0 radical (unpaired) electrons. The Hall–Kier alpha value is -3.56. The zero-order valence-corrected chi connectivity index (χ0v) is 24.1. The first-order valence-electron chi connectivity index (χ1n) is 12.6. The first kappa shape index (κ1) is 30.0. The van der Waals surface area contributed by atoms with Crippen molar-refractivity contribution in [1.29, 1.82) is 0 Å². The molecule has 3 aromatic carbocycles. The molecule has 0 aromatic heterocycles. The van der Waals surface area contributed by atoms with Gasteiger partial charge in [0.05, 0.1) is 17.7 Å². The first-order valence-corrected chi connectivity index (χ1v) is 14.4. The summed E-state index contributed by atoms with van der Waals surface area (Å²) in [7, 11) is -2.65. The van der Waals surface area contributed by atoms with Gasteiger partial charge in [-0.25, -0.2) is 8.42 Å². The lowest BCUT2D eigenvalue weighted by molar-refractivity contribution is -0.139. The lowest BCUT2D eigenvalue weighted by atomic mass is 10.1. The predicted octanol–water partition coefficient (Wildman–Crippen LogP) is 4.73. The number of carbonyl (C=O) groups excluding carboxylic acids is 2. The van der Waals surface area contributed by atoms with Crippen molar-refractivity contribution in [3.63, 3.8) is 0 Å². The zero-order chi connectivity index (χ0) is 28.6. The molecule has 0 saturated carbocycles. The number of anilines is 1. The number of rotatable bonds is 12. The Balaban J connectivity index is 1.98. The van der Waals surface area contributed by atoms with E-state index in [4.69, 9.17) is 16.3 Å². The van der Waals surface area contributed by atoms with Crippen LogP contribution in [0.4, 0.5) is 5.69 Å². The first-order chi connectivity index (χ1) is 18.5. The van der Waals surface area contributed by atoms with Gasteiger partial charge in [0.2, 0.25) is 11.8 Å². The van der Waals surface area contributed by atoms with Gasteiger partial charge in [-0.2, -0.15) is 0 Å². The van der Waals surface area contributed by atoms with Crippen molar-refractivity contribution in [3.05, 3.63) is 89.4 Å². The van der Waals surface area contributed by atoms with Crippen molar-refractivity contribution in [2.24, 2.45) is 5.92 Å². The molecule has 0 aliphatic rings. The van der Waals surface area contributed by atoms with E-state index in [9.17, 15) is 18.0 Å². The maximum Gasteiger partial charge on any atom is 0.264 e. The highest BCUT2D eigenvalue weighted by Crippen LogP contribution is 2.26. The molecule has 0 saturated heterocycles. The van der Waals surface area contributed by atoms with E-state index in [1.807, 2.05) is 13.8 Å².